The van der Waals surface area contributed by atoms with Gasteiger partial charge in [-0.25, -0.2) is 14.2 Å². The summed E-state index contributed by atoms with van der Waals surface area (Å²) >= 11 is 0. The van der Waals surface area contributed by atoms with Crippen LogP contribution in [-0.4, -0.2) is 22.5 Å². The van der Waals surface area contributed by atoms with Crippen molar-refractivity contribution >= 4 is 11.6 Å². The number of para-hydroxylation sites is 1. The number of ether oxygens (including phenoxy) is 2. The molecule has 1 aromatic carbocycles. The third-order valence-corrected chi connectivity index (χ3v) is 3.22. The maximum atomic E-state index is 13.5. The maximum Gasteiger partial charge on any atom is 0.338 e. The minimum absolute atomic E-state index is 0.166. The highest BCUT2D eigenvalue weighted by atomic mass is 19.1. The minimum atomic E-state index is -0.422. The van der Waals surface area contributed by atoms with Crippen LogP contribution in [0.4, 0.5) is 4.39 Å². The Morgan fingerprint density at radius 3 is 2.91 bits per heavy atom. The molecule has 3 aromatic rings. The van der Waals surface area contributed by atoms with Crippen LogP contribution in [0, 0.1) is 5.82 Å². The van der Waals surface area contributed by atoms with Gasteiger partial charge in [-0.05, 0) is 24.3 Å². The normalized spacial score (nSPS) is 10.6. The first-order chi connectivity index (χ1) is 10.7. The number of aromatic nitrogens is 2. The van der Waals surface area contributed by atoms with Gasteiger partial charge in [-0.1, -0.05) is 12.1 Å². The Hall–Kier alpha value is -2.89. The third kappa shape index (κ3) is 2.63. The van der Waals surface area contributed by atoms with Crippen molar-refractivity contribution < 1.29 is 18.7 Å². The van der Waals surface area contributed by atoms with E-state index in [1.807, 2.05) is 0 Å². The lowest BCUT2D eigenvalue weighted by Gasteiger charge is -2.07. The van der Waals surface area contributed by atoms with E-state index >= 15 is 0 Å². The molecule has 0 fully saturated rings. The van der Waals surface area contributed by atoms with Gasteiger partial charge in [0.2, 0.25) is 0 Å². The summed E-state index contributed by atoms with van der Waals surface area (Å²) < 4.78 is 25.4. The smallest absolute Gasteiger partial charge is 0.338 e. The largest absolute Gasteiger partial charge is 0.484 e. The number of halogens is 1. The van der Waals surface area contributed by atoms with Gasteiger partial charge in [0, 0.05) is 6.20 Å². The molecular weight excluding hydrogens is 287 g/mol. The number of rotatable bonds is 4. The van der Waals surface area contributed by atoms with Crippen LogP contribution in [0.1, 0.15) is 16.1 Å². The van der Waals surface area contributed by atoms with E-state index in [1.165, 1.54) is 13.2 Å². The second-order valence-electron chi connectivity index (χ2n) is 4.60. The molecule has 0 saturated carbocycles. The molecule has 0 aliphatic rings. The Bertz CT molecular complexity index is 829. The van der Waals surface area contributed by atoms with Crippen molar-refractivity contribution in [2.75, 3.05) is 7.11 Å². The van der Waals surface area contributed by atoms with E-state index in [1.54, 1.807) is 47.1 Å². The van der Waals surface area contributed by atoms with Crippen LogP contribution in [0.2, 0.25) is 0 Å². The average molecular weight is 300 g/mol. The molecular formula is C16H13FN2O3. The molecule has 0 radical (unpaired) electrons. The van der Waals surface area contributed by atoms with E-state index < -0.39 is 11.8 Å². The van der Waals surface area contributed by atoms with Crippen LogP contribution in [-0.2, 0) is 11.3 Å². The Labute approximate surface area is 125 Å². The second kappa shape index (κ2) is 5.85. The number of fused-ring (bicyclic) bond motifs is 1. The van der Waals surface area contributed by atoms with Crippen molar-refractivity contribution in [1.82, 2.24) is 9.38 Å². The molecule has 22 heavy (non-hydrogen) atoms. The van der Waals surface area contributed by atoms with Crippen molar-refractivity contribution in [1.29, 1.82) is 0 Å². The standard InChI is InChI=1S/C16H13FN2O3/c1-21-16(20)11-6-7-19-12(9-18-15(19)8-11)10-22-14-5-3-2-4-13(14)17/h2-9H,10H2,1H3. The maximum absolute atomic E-state index is 13.5. The SMILES string of the molecule is COC(=O)c1ccn2c(COc3ccccc3F)cnc2c1. The molecule has 3 rings (SSSR count). The second-order valence-corrected chi connectivity index (χ2v) is 4.60. The first kappa shape index (κ1) is 14.1. The first-order valence-corrected chi connectivity index (χ1v) is 6.60. The van der Waals surface area contributed by atoms with Gasteiger partial charge in [0.1, 0.15) is 12.3 Å². The molecule has 0 atom stereocenters. The van der Waals surface area contributed by atoms with Gasteiger partial charge < -0.3 is 13.9 Å². The number of hydrogen-bond acceptors (Lipinski definition) is 4. The zero-order valence-corrected chi connectivity index (χ0v) is 11.8. The molecule has 2 aromatic heterocycles. The fraction of sp³-hybridized carbons (Fsp3) is 0.125. The number of carbonyl (C=O) groups excluding carboxylic acids is 1. The zero-order valence-electron chi connectivity index (χ0n) is 11.8. The molecule has 0 amide bonds. The summed E-state index contributed by atoms with van der Waals surface area (Å²) in [6.07, 6.45) is 3.33. The number of esters is 1. The summed E-state index contributed by atoms with van der Waals surface area (Å²) in [6.45, 7) is 0.166. The van der Waals surface area contributed by atoms with E-state index in [-0.39, 0.29) is 12.4 Å². The molecule has 0 aliphatic carbocycles. The molecule has 0 saturated heterocycles. The highest BCUT2D eigenvalue weighted by Gasteiger charge is 2.10. The lowest BCUT2D eigenvalue weighted by molar-refractivity contribution is 0.0600. The molecule has 5 nitrogen and oxygen atoms in total. The van der Waals surface area contributed by atoms with Crippen LogP contribution in [0.15, 0.2) is 48.8 Å². The van der Waals surface area contributed by atoms with Gasteiger partial charge in [0.25, 0.3) is 0 Å². The summed E-state index contributed by atoms with van der Waals surface area (Å²) in [5, 5.41) is 0. The predicted molar refractivity (Wildman–Crippen MR) is 77.3 cm³/mol. The fourth-order valence-corrected chi connectivity index (χ4v) is 2.10. The molecule has 0 spiro atoms. The predicted octanol–water partition coefficient (Wildman–Crippen LogP) is 2.84. The highest BCUT2D eigenvalue weighted by molar-refractivity contribution is 5.90. The highest BCUT2D eigenvalue weighted by Crippen LogP contribution is 2.18. The number of carbonyl (C=O) groups is 1. The van der Waals surface area contributed by atoms with E-state index in [2.05, 4.69) is 9.72 Å². The lowest BCUT2D eigenvalue weighted by atomic mass is 10.2. The first-order valence-electron chi connectivity index (χ1n) is 6.60. The molecule has 6 heteroatoms. The topological polar surface area (TPSA) is 52.8 Å². The molecule has 112 valence electrons. The van der Waals surface area contributed by atoms with Crippen LogP contribution < -0.4 is 4.74 Å². The van der Waals surface area contributed by atoms with E-state index in [0.29, 0.717) is 11.2 Å². The molecule has 0 unspecified atom stereocenters. The summed E-state index contributed by atoms with van der Waals surface area (Å²) in [7, 11) is 1.33. The number of benzene rings is 1. The lowest BCUT2D eigenvalue weighted by Crippen LogP contribution is -2.04. The molecule has 0 bridgehead atoms. The van der Waals surface area contributed by atoms with E-state index in [9.17, 15) is 9.18 Å². The number of imidazole rings is 1. The summed E-state index contributed by atoms with van der Waals surface area (Å²) in [6, 6.07) is 9.46. The number of pyridine rings is 1. The number of methoxy groups -OCH3 is 1. The third-order valence-electron chi connectivity index (χ3n) is 3.22. The summed E-state index contributed by atoms with van der Waals surface area (Å²) in [4.78, 5) is 15.7. The Balaban J connectivity index is 1.83. The molecule has 0 aliphatic heterocycles. The van der Waals surface area contributed by atoms with Crippen LogP contribution in [0.3, 0.4) is 0 Å². The van der Waals surface area contributed by atoms with Crippen molar-refractivity contribution in [3.63, 3.8) is 0 Å². The summed E-state index contributed by atoms with van der Waals surface area (Å²) in [5.41, 5.74) is 1.76. The molecule has 2 heterocycles. The Morgan fingerprint density at radius 2 is 2.14 bits per heavy atom. The monoisotopic (exact) mass is 300 g/mol. The number of hydrogen-bond donors (Lipinski definition) is 0. The van der Waals surface area contributed by atoms with Gasteiger partial charge in [0.15, 0.2) is 11.6 Å². The van der Waals surface area contributed by atoms with Gasteiger partial charge >= 0.3 is 5.97 Å². The summed E-state index contributed by atoms with van der Waals surface area (Å²) in [5.74, 6) is -0.650. The van der Waals surface area contributed by atoms with E-state index in [4.69, 9.17) is 4.74 Å². The van der Waals surface area contributed by atoms with Crippen molar-refractivity contribution in [2.45, 2.75) is 6.61 Å². The Morgan fingerprint density at radius 1 is 1.32 bits per heavy atom. The van der Waals surface area contributed by atoms with Crippen molar-refractivity contribution in [3.05, 3.63) is 65.9 Å². The van der Waals surface area contributed by atoms with E-state index in [0.717, 1.165) is 5.69 Å². The van der Waals surface area contributed by atoms with Crippen molar-refractivity contribution in [2.24, 2.45) is 0 Å². The Kier molecular flexibility index (Phi) is 3.74. The quantitative estimate of drug-likeness (QED) is 0.695. The van der Waals surface area contributed by atoms with Gasteiger partial charge in [-0.15, -0.1) is 0 Å². The van der Waals surface area contributed by atoms with Crippen LogP contribution in [0.5, 0.6) is 5.75 Å². The van der Waals surface area contributed by atoms with Crippen LogP contribution in [0.25, 0.3) is 5.65 Å². The fourth-order valence-electron chi connectivity index (χ4n) is 2.10. The van der Waals surface area contributed by atoms with Crippen molar-refractivity contribution in [3.8, 4) is 5.75 Å². The van der Waals surface area contributed by atoms with Gasteiger partial charge in [0.05, 0.1) is 24.6 Å². The average Bonchev–Trinajstić information content (AvgIpc) is 2.95. The zero-order chi connectivity index (χ0) is 15.5. The van der Waals surface area contributed by atoms with Gasteiger partial charge in [-0.3, -0.25) is 0 Å². The van der Waals surface area contributed by atoms with Gasteiger partial charge in [-0.2, -0.15) is 0 Å². The minimum Gasteiger partial charge on any atom is -0.484 e. The number of nitrogens with zero attached hydrogens (tertiary/aromatic N) is 2. The molecule has 0 N–H and O–H groups in total. The van der Waals surface area contributed by atoms with Crippen LogP contribution >= 0.6 is 0 Å².